The number of benzene rings is 1. The first kappa shape index (κ1) is 13.6. The highest BCUT2D eigenvalue weighted by atomic mass is 32.2. The van der Waals surface area contributed by atoms with E-state index in [1.54, 1.807) is 0 Å². The van der Waals surface area contributed by atoms with Crippen LogP contribution in [0.3, 0.4) is 0 Å². The summed E-state index contributed by atoms with van der Waals surface area (Å²) in [5.74, 6) is 3.35. The maximum Gasteiger partial charge on any atom is 0.259 e. The van der Waals surface area contributed by atoms with Gasteiger partial charge in [0.2, 0.25) is 0 Å². The number of fused-ring (bicyclic) bond motifs is 6. The zero-order chi connectivity index (χ0) is 14.7. The lowest BCUT2D eigenvalue weighted by Crippen LogP contribution is -2.52. The minimum Gasteiger partial charge on any atom is -0.305 e. The quantitative estimate of drug-likeness (QED) is 0.710. The van der Waals surface area contributed by atoms with Crippen LogP contribution in [0.1, 0.15) is 41.6 Å². The van der Waals surface area contributed by atoms with Gasteiger partial charge in [0.25, 0.3) is 5.91 Å². The molecule has 1 saturated carbocycles. The Balaban J connectivity index is 1.71. The first-order chi connectivity index (χ1) is 10.8. The van der Waals surface area contributed by atoms with E-state index in [1.807, 2.05) is 12.1 Å². The molecule has 3 heterocycles. The Hall–Kier alpha value is -0.870. The van der Waals surface area contributed by atoms with Gasteiger partial charge in [0.05, 0.1) is 9.78 Å². The number of hydrogen-bond donors (Lipinski definition) is 0. The third kappa shape index (κ3) is 1.68. The molecule has 4 aliphatic rings. The van der Waals surface area contributed by atoms with E-state index in [2.05, 4.69) is 46.6 Å². The molecule has 114 valence electrons. The maximum atomic E-state index is 13.0. The smallest absolute Gasteiger partial charge is 0.259 e. The van der Waals surface area contributed by atoms with Crippen molar-refractivity contribution < 1.29 is 4.79 Å². The Morgan fingerprint density at radius 1 is 1.05 bits per heavy atom. The number of nitrogens with zero attached hydrogens (tertiary/aromatic N) is 1. The van der Waals surface area contributed by atoms with Gasteiger partial charge < -0.3 is 4.90 Å². The third-order valence-electron chi connectivity index (χ3n) is 5.57. The lowest BCUT2D eigenvalue weighted by Gasteiger charge is -2.49. The summed E-state index contributed by atoms with van der Waals surface area (Å²) in [6.45, 7) is 0. The van der Waals surface area contributed by atoms with Crippen LogP contribution in [-0.4, -0.2) is 32.4 Å². The van der Waals surface area contributed by atoms with Crippen LogP contribution in [0.4, 0.5) is 0 Å². The molecule has 1 spiro atoms. The molecule has 2 atom stereocenters. The zero-order valence-electron chi connectivity index (χ0n) is 12.5. The van der Waals surface area contributed by atoms with Gasteiger partial charge in [-0.25, -0.2) is 0 Å². The van der Waals surface area contributed by atoms with Gasteiger partial charge in [0.1, 0.15) is 0 Å². The molecule has 1 aromatic rings. The summed E-state index contributed by atoms with van der Waals surface area (Å²) in [5, 5.41) is 0. The molecular formula is C18H19NOS2. The van der Waals surface area contributed by atoms with Crippen LogP contribution in [0.25, 0.3) is 5.70 Å². The zero-order valence-corrected chi connectivity index (χ0v) is 14.1. The fourth-order valence-corrected chi connectivity index (χ4v) is 8.17. The molecule has 2 fully saturated rings. The minimum absolute atomic E-state index is 0.217. The van der Waals surface area contributed by atoms with Crippen LogP contribution < -0.4 is 0 Å². The summed E-state index contributed by atoms with van der Waals surface area (Å²) in [7, 11) is 0. The largest absolute Gasteiger partial charge is 0.305 e. The van der Waals surface area contributed by atoms with Gasteiger partial charge in [-0.1, -0.05) is 31.0 Å². The second-order valence-electron chi connectivity index (χ2n) is 6.63. The molecule has 2 nitrogen and oxygen atoms in total. The Labute approximate surface area is 139 Å². The summed E-state index contributed by atoms with van der Waals surface area (Å²) >= 11 is 4.25. The van der Waals surface area contributed by atoms with Crippen molar-refractivity contribution in [3.8, 4) is 0 Å². The normalized spacial score (nSPS) is 31.7. The van der Waals surface area contributed by atoms with Crippen LogP contribution in [0.2, 0.25) is 0 Å². The number of carbonyl (C=O) groups is 1. The van der Waals surface area contributed by atoms with Crippen LogP contribution in [0, 0.1) is 5.92 Å². The molecule has 4 heteroatoms. The van der Waals surface area contributed by atoms with Gasteiger partial charge in [0.15, 0.2) is 0 Å². The lowest BCUT2D eigenvalue weighted by atomic mass is 9.78. The molecule has 0 radical (unpaired) electrons. The fourth-order valence-electron chi connectivity index (χ4n) is 4.67. The molecule has 5 rings (SSSR count). The van der Waals surface area contributed by atoms with Gasteiger partial charge in [-0.2, -0.15) is 0 Å². The third-order valence-corrected chi connectivity index (χ3v) is 9.09. The predicted molar refractivity (Wildman–Crippen MR) is 94.0 cm³/mol. The highest BCUT2D eigenvalue weighted by molar-refractivity contribution is 8.21. The predicted octanol–water partition coefficient (Wildman–Crippen LogP) is 4.23. The van der Waals surface area contributed by atoms with Crippen LogP contribution in [-0.2, 0) is 0 Å². The van der Waals surface area contributed by atoms with Crippen LogP contribution in [0.15, 0.2) is 30.3 Å². The molecule has 0 N–H and O–H groups in total. The second-order valence-corrected chi connectivity index (χ2v) is 9.63. The molecule has 1 aliphatic carbocycles. The Morgan fingerprint density at radius 3 is 2.59 bits per heavy atom. The van der Waals surface area contributed by atoms with E-state index < -0.39 is 0 Å². The molecule has 0 bridgehead atoms. The van der Waals surface area contributed by atoms with Crippen molar-refractivity contribution in [2.24, 2.45) is 5.92 Å². The Bertz CT molecular complexity index is 677. The molecule has 1 unspecified atom stereocenters. The Morgan fingerprint density at radius 2 is 1.77 bits per heavy atom. The van der Waals surface area contributed by atoms with Crippen molar-refractivity contribution in [1.82, 2.24) is 4.90 Å². The summed E-state index contributed by atoms with van der Waals surface area (Å²) < 4.78 is 0.217. The molecule has 0 aromatic heterocycles. The average Bonchev–Trinajstić information content (AvgIpc) is 3.13. The van der Waals surface area contributed by atoms with Crippen molar-refractivity contribution in [2.45, 2.75) is 35.8 Å². The van der Waals surface area contributed by atoms with E-state index in [0.29, 0.717) is 12.0 Å². The van der Waals surface area contributed by atoms with Gasteiger partial charge in [-0.15, -0.1) is 23.5 Å². The van der Waals surface area contributed by atoms with Gasteiger partial charge >= 0.3 is 0 Å². The second kappa shape index (κ2) is 4.81. The van der Waals surface area contributed by atoms with E-state index in [9.17, 15) is 4.79 Å². The van der Waals surface area contributed by atoms with Crippen molar-refractivity contribution in [3.05, 3.63) is 41.5 Å². The summed E-state index contributed by atoms with van der Waals surface area (Å²) in [6.07, 6.45) is 7.48. The number of hydrogen-bond acceptors (Lipinski definition) is 3. The first-order valence-electron chi connectivity index (χ1n) is 8.24. The fraction of sp³-hybridized carbons (Fsp3) is 0.500. The number of amides is 1. The average molecular weight is 329 g/mol. The summed E-state index contributed by atoms with van der Waals surface area (Å²) in [4.78, 5) is 15.1. The lowest BCUT2D eigenvalue weighted by molar-refractivity contribution is 0.0694. The summed E-state index contributed by atoms with van der Waals surface area (Å²) in [6, 6.07) is 8.58. The van der Waals surface area contributed by atoms with Crippen molar-refractivity contribution >= 4 is 35.1 Å². The number of rotatable bonds is 0. The van der Waals surface area contributed by atoms with Gasteiger partial charge in [-0.3, -0.25) is 4.79 Å². The number of thioether (sulfide) groups is 2. The minimum atomic E-state index is 0.217. The van der Waals surface area contributed by atoms with Crippen molar-refractivity contribution in [3.63, 3.8) is 0 Å². The standard InChI is InChI=1S/C18H19NOS2/c20-17-13-6-2-1-5-12(13)16-11-18(21-9-10-22-18)14-7-3-4-8-15(14)19(16)17/h1-2,5-6,11,14-15H,3-4,7-10H2/t14?,15-/m1/s1. The monoisotopic (exact) mass is 329 g/mol. The van der Waals surface area contributed by atoms with E-state index >= 15 is 0 Å². The first-order valence-corrected chi connectivity index (χ1v) is 10.2. The van der Waals surface area contributed by atoms with Gasteiger partial charge in [0, 0.05) is 34.6 Å². The molecule has 3 aliphatic heterocycles. The highest BCUT2D eigenvalue weighted by Crippen LogP contribution is 2.60. The molecular weight excluding hydrogens is 310 g/mol. The Kier molecular flexibility index (Phi) is 2.97. The molecule has 1 saturated heterocycles. The van der Waals surface area contributed by atoms with Crippen molar-refractivity contribution in [1.29, 1.82) is 0 Å². The molecule has 22 heavy (non-hydrogen) atoms. The van der Waals surface area contributed by atoms with Crippen LogP contribution in [0.5, 0.6) is 0 Å². The SMILES string of the molecule is O=C1c2ccccc2C2=CC3(SCCS3)C3CCCC[C@H]3N12. The molecule has 1 amide bonds. The maximum absolute atomic E-state index is 13.0. The number of carbonyl (C=O) groups excluding carboxylic acids is 1. The van der Waals surface area contributed by atoms with E-state index in [1.165, 1.54) is 42.9 Å². The highest BCUT2D eigenvalue weighted by Gasteiger charge is 2.54. The topological polar surface area (TPSA) is 20.3 Å². The van der Waals surface area contributed by atoms with E-state index in [4.69, 9.17) is 0 Å². The van der Waals surface area contributed by atoms with Crippen molar-refractivity contribution in [2.75, 3.05) is 11.5 Å². The van der Waals surface area contributed by atoms with Gasteiger partial charge in [-0.05, 0) is 25.0 Å². The molecule has 1 aromatic carbocycles. The summed E-state index contributed by atoms with van der Waals surface area (Å²) in [5.41, 5.74) is 3.26. The van der Waals surface area contributed by atoms with E-state index in [0.717, 1.165) is 11.1 Å². The van der Waals surface area contributed by atoms with E-state index in [-0.39, 0.29) is 9.99 Å². The van der Waals surface area contributed by atoms with Crippen LogP contribution >= 0.6 is 23.5 Å².